The van der Waals surface area contributed by atoms with Gasteiger partial charge in [0.2, 0.25) is 0 Å². The average molecular weight is 272 g/mol. The molecule has 6 nitrogen and oxygen atoms in total. The number of nitrogens with one attached hydrogen (secondary N) is 2. The van der Waals surface area contributed by atoms with Crippen LogP contribution in [0.25, 0.3) is 0 Å². The van der Waals surface area contributed by atoms with Gasteiger partial charge in [-0.25, -0.2) is 9.97 Å². The van der Waals surface area contributed by atoms with Crippen LogP contribution in [0.15, 0.2) is 18.3 Å². The molecule has 106 valence electrons. The summed E-state index contributed by atoms with van der Waals surface area (Å²) in [6, 6.07) is 3.80. The van der Waals surface area contributed by atoms with Crippen molar-refractivity contribution in [3.8, 4) is 0 Å². The van der Waals surface area contributed by atoms with Gasteiger partial charge in [-0.2, -0.15) is 10.2 Å². The topological polar surface area (TPSA) is 75.6 Å². The Morgan fingerprint density at radius 3 is 2.50 bits per heavy atom. The Kier molecular flexibility index (Phi) is 4.81. The number of anilines is 2. The van der Waals surface area contributed by atoms with Crippen molar-refractivity contribution in [2.75, 3.05) is 17.2 Å². The first-order valence-electron chi connectivity index (χ1n) is 6.80. The zero-order chi connectivity index (χ0) is 14.4. The van der Waals surface area contributed by atoms with E-state index in [0.29, 0.717) is 6.54 Å². The van der Waals surface area contributed by atoms with Crippen LogP contribution in [0.4, 0.5) is 11.6 Å². The number of hydrogen-bond acceptors (Lipinski definition) is 6. The van der Waals surface area contributed by atoms with E-state index in [1.807, 2.05) is 26.0 Å². The molecule has 2 rings (SSSR count). The molecule has 0 atom stereocenters. The Morgan fingerprint density at radius 1 is 1.10 bits per heavy atom. The lowest BCUT2D eigenvalue weighted by Crippen LogP contribution is -2.11. The molecule has 20 heavy (non-hydrogen) atoms. The number of hydrogen-bond donors (Lipinski definition) is 2. The van der Waals surface area contributed by atoms with Crippen LogP contribution in [0.3, 0.4) is 0 Å². The van der Waals surface area contributed by atoms with Gasteiger partial charge in [0.1, 0.15) is 17.5 Å². The van der Waals surface area contributed by atoms with Crippen LogP contribution in [-0.4, -0.2) is 26.7 Å². The molecule has 0 unspecified atom stereocenters. The van der Waals surface area contributed by atoms with E-state index in [4.69, 9.17) is 0 Å². The van der Waals surface area contributed by atoms with Gasteiger partial charge in [0.25, 0.3) is 0 Å². The molecule has 0 aromatic carbocycles. The summed E-state index contributed by atoms with van der Waals surface area (Å²) in [7, 11) is 0. The van der Waals surface area contributed by atoms with Gasteiger partial charge in [0.05, 0.1) is 12.2 Å². The van der Waals surface area contributed by atoms with E-state index in [9.17, 15) is 0 Å². The van der Waals surface area contributed by atoms with Crippen molar-refractivity contribution in [2.24, 2.45) is 0 Å². The summed E-state index contributed by atoms with van der Waals surface area (Å²) in [6.45, 7) is 7.53. The van der Waals surface area contributed by atoms with Gasteiger partial charge in [0.15, 0.2) is 0 Å². The molecule has 2 aromatic rings. The molecule has 0 saturated heterocycles. The first-order valence-corrected chi connectivity index (χ1v) is 6.80. The molecule has 2 aromatic heterocycles. The van der Waals surface area contributed by atoms with Gasteiger partial charge in [-0.3, -0.25) is 0 Å². The Balaban J connectivity index is 2.12. The standard InChI is InChI=1S/C14H20N6/c1-4-7-15-13-10(2)14(19-11(3)18-13)16-9-12-6-5-8-17-20-12/h5-6,8H,4,7,9H2,1-3H3,(H2,15,16,18,19). The van der Waals surface area contributed by atoms with E-state index in [1.165, 1.54) is 0 Å². The van der Waals surface area contributed by atoms with Crippen LogP contribution in [0.2, 0.25) is 0 Å². The summed E-state index contributed by atoms with van der Waals surface area (Å²) >= 11 is 0. The largest absolute Gasteiger partial charge is 0.370 e. The van der Waals surface area contributed by atoms with Crippen LogP contribution in [0.5, 0.6) is 0 Å². The zero-order valence-corrected chi connectivity index (χ0v) is 12.1. The number of nitrogens with zero attached hydrogens (tertiary/aromatic N) is 4. The molecule has 0 aliphatic rings. The Morgan fingerprint density at radius 2 is 1.85 bits per heavy atom. The lowest BCUT2D eigenvalue weighted by Gasteiger charge is -2.13. The smallest absolute Gasteiger partial charge is 0.135 e. The molecule has 0 bridgehead atoms. The van der Waals surface area contributed by atoms with Gasteiger partial charge >= 0.3 is 0 Å². The molecule has 2 heterocycles. The third-order valence-electron chi connectivity index (χ3n) is 2.86. The quantitative estimate of drug-likeness (QED) is 0.840. The highest BCUT2D eigenvalue weighted by molar-refractivity contribution is 5.57. The lowest BCUT2D eigenvalue weighted by molar-refractivity contribution is 0.908. The molecule has 0 saturated carbocycles. The Bertz CT molecular complexity index is 555. The van der Waals surface area contributed by atoms with Gasteiger partial charge in [-0.05, 0) is 32.4 Å². The van der Waals surface area contributed by atoms with Crippen molar-refractivity contribution in [3.05, 3.63) is 35.4 Å². The predicted octanol–water partition coefficient (Wildman–Crippen LogP) is 2.32. The maximum absolute atomic E-state index is 4.45. The van der Waals surface area contributed by atoms with Crippen molar-refractivity contribution >= 4 is 11.6 Å². The highest BCUT2D eigenvalue weighted by atomic mass is 15.1. The van der Waals surface area contributed by atoms with Gasteiger partial charge < -0.3 is 10.6 Å². The maximum atomic E-state index is 4.45. The normalized spacial score (nSPS) is 10.3. The number of aromatic nitrogens is 4. The fraction of sp³-hybridized carbons (Fsp3) is 0.429. The van der Waals surface area contributed by atoms with Crippen LogP contribution >= 0.6 is 0 Å². The van der Waals surface area contributed by atoms with Gasteiger partial charge in [0, 0.05) is 18.3 Å². The monoisotopic (exact) mass is 272 g/mol. The molecule has 0 spiro atoms. The minimum atomic E-state index is 0.596. The van der Waals surface area contributed by atoms with E-state index in [0.717, 1.165) is 41.7 Å². The third kappa shape index (κ3) is 3.63. The van der Waals surface area contributed by atoms with Crippen molar-refractivity contribution in [3.63, 3.8) is 0 Å². The first kappa shape index (κ1) is 14.2. The van der Waals surface area contributed by atoms with Crippen molar-refractivity contribution in [2.45, 2.75) is 33.7 Å². The molecule has 2 N–H and O–H groups in total. The minimum absolute atomic E-state index is 0.596. The second-order valence-corrected chi connectivity index (χ2v) is 4.59. The van der Waals surface area contributed by atoms with E-state index < -0.39 is 0 Å². The molecule has 6 heteroatoms. The fourth-order valence-electron chi connectivity index (χ4n) is 1.82. The second-order valence-electron chi connectivity index (χ2n) is 4.59. The number of rotatable bonds is 6. The SMILES string of the molecule is CCCNc1nc(C)nc(NCc2cccnn2)c1C. The first-order chi connectivity index (χ1) is 9.70. The zero-order valence-electron chi connectivity index (χ0n) is 12.1. The second kappa shape index (κ2) is 6.79. The molecule has 0 aliphatic heterocycles. The van der Waals surface area contributed by atoms with Gasteiger partial charge in [-0.1, -0.05) is 6.92 Å². The Labute approximate surface area is 119 Å². The van der Waals surface area contributed by atoms with Crippen LogP contribution in [-0.2, 0) is 6.54 Å². The van der Waals surface area contributed by atoms with Crippen molar-refractivity contribution in [1.29, 1.82) is 0 Å². The highest BCUT2D eigenvalue weighted by Crippen LogP contribution is 2.20. The van der Waals surface area contributed by atoms with E-state index >= 15 is 0 Å². The van der Waals surface area contributed by atoms with Crippen LogP contribution in [0.1, 0.15) is 30.4 Å². The summed E-state index contributed by atoms with van der Waals surface area (Å²) in [5.41, 5.74) is 1.90. The van der Waals surface area contributed by atoms with E-state index in [1.54, 1.807) is 6.20 Å². The van der Waals surface area contributed by atoms with E-state index in [-0.39, 0.29) is 0 Å². The summed E-state index contributed by atoms with van der Waals surface area (Å²) < 4.78 is 0. The maximum Gasteiger partial charge on any atom is 0.135 e. The fourth-order valence-corrected chi connectivity index (χ4v) is 1.82. The van der Waals surface area contributed by atoms with Gasteiger partial charge in [-0.15, -0.1) is 0 Å². The molecule has 0 radical (unpaired) electrons. The molecule has 0 amide bonds. The minimum Gasteiger partial charge on any atom is -0.370 e. The molecule has 0 fully saturated rings. The predicted molar refractivity (Wildman–Crippen MR) is 79.6 cm³/mol. The summed E-state index contributed by atoms with van der Waals surface area (Å²) in [4.78, 5) is 8.88. The lowest BCUT2D eigenvalue weighted by atomic mass is 10.3. The summed E-state index contributed by atoms with van der Waals surface area (Å²) in [5.74, 6) is 2.47. The molecule has 0 aliphatic carbocycles. The summed E-state index contributed by atoms with van der Waals surface area (Å²) in [6.07, 6.45) is 2.72. The number of aryl methyl sites for hydroxylation is 1. The highest BCUT2D eigenvalue weighted by Gasteiger charge is 2.08. The van der Waals surface area contributed by atoms with Crippen molar-refractivity contribution in [1.82, 2.24) is 20.2 Å². The van der Waals surface area contributed by atoms with Crippen LogP contribution in [0, 0.1) is 13.8 Å². The van der Waals surface area contributed by atoms with Crippen molar-refractivity contribution < 1.29 is 0 Å². The van der Waals surface area contributed by atoms with Crippen LogP contribution < -0.4 is 10.6 Å². The van der Waals surface area contributed by atoms with E-state index in [2.05, 4.69) is 37.7 Å². The third-order valence-corrected chi connectivity index (χ3v) is 2.86. The Hall–Kier alpha value is -2.24. The average Bonchev–Trinajstić information content (AvgIpc) is 2.47. The molecular formula is C14H20N6. The molecular weight excluding hydrogens is 252 g/mol. The summed E-state index contributed by atoms with van der Waals surface area (Å²) in [5, 5.41) is 14.5.